The monoisotopic (exact) mass is 250 g/mol. The second-order valence-electron chi connectivity index (χ2n) is 3.19. The van der Waals surface area contributed by atoms with E-state index in [0.29, 0.717) is 18.2 Å². The molecule has 0 atom stereocenters. The number of benzene rings is 1. The number of hydrogen-bond acceptors (Lipinski definition) is 2. The second kappa shape index (κ2) is 4.52. The molecule has 0 saturated heterocycles. The number of hydrogen-bond donors (Lipinski definition) is 1. The molecule has 0 aliphatic heterocycles. The molecule has 1 aromatic rings. The van der Waals surface area contributed by atoms with Gasteiger partial charge in [-0.05, 0) is 18.2 Å². The van der Waals surface area contributed by atoms with Crippen molar-refractivity contribution in [1.29, 1.82) is 0 Å². The zero-order valence-electron chi connectivity index (χ0n) is 8.21. The van der Waals surface area contributed by atoms with Gasteiger partial charge in [-0.1, -0.05) is 0 Å². The Bertz CT molecular complexity index is 465. The number of carboxylic acids is 1. The van der Waals surface area contributed by atoms with Gasteiger partial charge in [-0.25, -0.2) is 4.39 Å². The van der Waals surface area contributed by atoms with E-state index in [1.165, 1.54) is 0 Å². The van der Waals surface area contributed by atoms with Crippen LogP contribution in [-0.4, -0.2) is 16.9 Å². The maximum atomic E-state index is 13.1. The molecule has 7 heteroatoms. The van der Waals surface area contributed by atoms with Crippen molar-refractivity contribution in [1.82, 2.24) is 0 Å². The van der Waals surface area contributed by atoms with Gasteiger partial charge in [0.25, 0.3) is 0 Å². The topological polar surface area (TPSA) is 54.4 Å². The van der Waals surface area contributed by atoms with Gasteiger partial charge in [0.1, 0.15) is 12.2 Å². The summed E-state index contributed by atoms with van der Waals surface area (Å²) in [6, 6.07) is 1.27. The Morgan fingerprint density at radius 2 is 1.82 bits per heavy atom. The minimum Gasteiger partial charge on any atom is -0.481 e. The average Bonchev–Trinajstić information content (AvgIpc) is 2.15. The first kappa shape index (κ1) is 13.1. The van der Waals surface area contributed by atoms with E-state index < -0.39 is 41.3 Å². The summed E-state index contributed by atoms with van der Waals surface area (Å²) >= 11 is 0. The molecule has 0 unspecified atom stereocenters. The van der Waals surface area contributed by atoms with Crippen molar-refractivity contribution in [3.63, 3.8) is 0 Å². The number of Topliss-reactive ketones (excluding diaryl/α,β-unsaturated/α-hetero) is 1. The van der Waals surface area contributed by atoms with Gasteiger partial charge in [0.2, 0.25) is 0 Å². The fraction of sp³-hybridized carbons (Fsp3) is 0.200. The Balaban J connectivity index is 3.15. The van der Waals surface area contributed by atoms with Gasteiger partial charge in [0, 0.05) is 0 Å². The number of aliphatic carboxylic acids is 1. The minimum absolute atomic E-state index is 0.306. The molecule has 0 aromatic heterocycles. The highest BCUT2D eigenvalue weighted by molar-refractivity contribution is 6.05. The highest BCUT2D eigenvalue weighted by Gasteiger charge is 2.32. The van der Waals surface area contributed by atoms with E-state index in [-0.39, 0.29) is 0 Å². The van der Waals surface area contributed by atoms with E-state index in [0.717, 1.165) is 0 Å². The van der Waals surface area contributed by atoms with Crippen molar-refractivity contribution in [3.8, 4) is 0 Å². The lowest BCUT2D eigenvalue weighted by Gasteiger charge is -2.08. The molecule has 0 amide bonds. The Labute approximate surface area is 92.7 Å². The van der Waals surface area contributed by atoms with E-state index >= 15 is 0 Å². The third kappa shape index (κ3) is 3.27. The molecule has 3 nitrogen and oxygen atoms in total. The van der Waals surface area contributed by atoms with Crippen molar-refractivity contribution < 1.29 is 32.3 Å². The van der Waals surface area contributed by atoms with Crippen LogP contribution in [0.2, 0.25) is 0 Å². The molecule has 1 N–H and O–H groups in total. The summed E-state index contributed by atoms with van der Waals surface area (Å²) < 4.78 is 49.9. The highest BCUT2D eigenvalue weighted by Crippen LogP contribution is 2.30. The molecular formula is C10H6F4O3. The number of carbonyl (C=O) groups excluding carboxylic acids is 1. The summed E-state index contributed by atoms with van der Waals surface area (Å²) in [6.07, 6.45) is -5.77. The molecule has 17 heavy (non-hydrogen) atoms. The SMILES string of the molecule is O=C(O)CC(=O)c1cc(C(F)(F)F)ccc1F. The normalized spacial score (nSPS) is 11.3. The largest absolute Gasteiger partial charge is 0.481 e. The zero-order chi connectivity index (χ0) is 13.2. The standard InChI is InChI=1S/C10H6F4O3/c11-7-2-1-5(10(12,13)14)3-6(7)8(15)4-9(16)17/h1-3H,4H2,(H,16,17). The second-order valence-corrected chi connectivity index (χ2v) is 3.19. The maximum absolute atomic E-state index is 13.1. The van der Waals surface area contributed by atoms with Crippen LogP contribution in [0.25, 0.3) is 0 Å². The first-order valence-electron chi connectivity index (χ1n) is 4.33. The van der Waals surface area contributed by atoms with Gasteiger partial charge >= 0.3 is 12.1 Å². The van der Waals surface area contributed by atoms with Crippen LogP contribution in [-0.2, 0) is 11.0 Å². The molecule has 0 heterocycles. The van der Waals surface area contributed by atoms with Crippen molar-refractivity contribution in [3.05, 3.63) is 35.1 Å². The van der Waals surface area contributed by atoms with Crippen LogP contribution in [0, 0.1) is 5.82 Å². The molecule has 0 spiro atoms. The first-order chi connectivity index (χ1) is 7.71. The van der Waals surface area contributed by atoms with Crippen LogP contribution in [0.15, 0.2) is 18.2 Å². The maximum Gasteiger partial charge on any atom is 0.416 e. The van der Waals surface area contributed by atoms with Gasteiger partial charge in [-0.15, -0.1) is 0 Å². The smallest absolute Gasteiger partial charge is 0.416 e. The van der Waals surface area contributed by atoms with Crippen molar-refractivity contribution >= 4 is 11.8 Å². The fourth-order valence-electron chi connectivity index (χ4n) is 1.15. The zero-order valence-corrected chi connectivity index (χ0v) is 8.21. The Morgan fingerprint density at radius 1 is 1.24 bits per heavy atom. The van der Waals surface area contributed by atoms with E-state index in [9.17, 15) is 27.2 Å². The Morgan fingerprint density at radius 3 is 2.29 bits per heavy atom. The number of ketones is 1. The van der Waals surface area contributed by atoms with Crippen LogP contribution in [0.4, 0.5) is 17.6 Å². The van der Waals surface area contributed by atoms with Crippen LogP contribution >= 0.6 is 0 Å². The molecule has 0 bridgehead atoms. The van der Waals surface area contributed by atoms with Gasteiger partial charge in [-0.2, -0.15) is 13.2 Å². The third-order valence-electron chi connectivity index (χ3n) is 1.91. The van der Waals surface area contributed by atoms with E-state index in [2.05, 4.69) is 0 Å². The summed E-state index contributed by atoms with van der Waals surface area (Å²) in [4.78, 5) is 21.4. The molecule has 1 aromatic carbocycles. The number of halogens is 4. The molecule has 0 fully saturated rings. The summed E-state index contributed by atoms with van der Waals surface area (Å²) in [6.45, 7) is 0. The van der Waals surface area contributed by atoms with E-state index in [1.807, 2.05) is 0 Å². The highest BCUT2D eigenvalue weighted by atomic mass is 19.4. The van der Waals surface area contributed by atoms with Gasteiger partial charge in [-0.3, -0.25) is 9.59 Å². The van der Waals surface area contributed by atoms with Crippen LogP contribution in [0.5, 0.6) is 0 Å². The van der Waals surface area contributed by atoms with Gasteiger partial charge in [0.15, 0.2) is 5.78 Å². The van der Waals surface area contributed by atoms with Crippen LogP contribution in [0.3, 0.4) is 0 Å². The third-order valence-corrected chi connectivity index (χ3v) is 1.91. The summed E-state index contributed by atoms with van der Waals surface area (Å²) in [7, 11) is 0. The molecule has 0 radical (unpaired) electrons. The van der Waals surface area contributed by atoms with Crippen molar-refractivity contribution in [2.24, 2.45) is 0 Å². The van der Waals surface area contributed by atoms with Crippen molar-refractivity contribution in [2.45, 2.75) is 12.6 Å². The summed E-state index contributed by atoms with van der Waals surface area (Å²) in [5.41, 5.74) is -2.07. The summed E-state index contributed by atoms with van der Waals surface area (Å²) in [5.74, 6) is -3.92. The Kier molecular flexibility index (Phi) is 3.50. The van der Waals surface area contributed by atoms with Crippen LogP contribution < -0.4 is 0 Å². The van der Waals surface area contributed by atoms with E-state index in [4.69, 9.17) is 5.11 Å². The molecule has 0 saturated carbocycles. The fourth-order valence-corrected chi connectivity index (χ4v) is 1.15. The average molecular weight is 250 g/mol. The van der Waals surface area contributed by atoms with Crippen LogP contribution in [0.1, 0.15) is 22.3 Å². The number of carbonyl (C=O) groups is 2. The first-order valence-corrected chi connectivity index (χ1v) is 4.33. The van der Waals surface area contributed by atoms with Crippen molar-refractivity contribution in [2.75, 3.05) is 0 Å². The quantitative estimate of drug-likeness (QED) is 0.509. The molecule has 0 aliphatic rings. The predicted octanol–water partition coefficient (Wildman–Crippen LogP) is 2.50. The number of carboxylic acid groups (broad SMARTS) is 1. The molecular weight excluding hydrogens is 244 g/mol. The molecule has 92 valence electrons. The number of rotatable bonds is 3. The molecule has 1 rings (SSSR count). The summed E-state index contributed by atoms with van der Waals surface area (Å²) in [5, 5.41) is 8.30. The van der Waals surface area contributed by atoms with E-state index in [1.54, 1.807) is 0 Å². The number of alkyl halides is 3. The lowest BCUT2D eigenvalue weighted by Crippen LogP contribution is -2.12. The van der Waals surface area contributed by atoms with Gasteiger partial charge in [0.05, 0.1) is 11.1 Å². The minimum atomic E-state index is -4.72. The Hall–Kier alpha value is -1.92. The lowest BCUT2D eigenvalue weighted by molar-refractivity contribution is -0.137. The lowest BCUT2D eigenvalue weighted by atomic mass is 10.0. The predicted molar refractivity (Wildman–Crippen MR) is 48.0 cm³/mol. The molecule has 0 aliphatic carbocycles. The van der Waals surface area contributed by atoms with Gasteiger partial charge < -0.3 is 5.11 Å².